The molecule has 0 atom stereocenters. The lowest BCUT2D eigenvalue weighted by atomic mass is 10.3. The number of halogens is 3. The van der Waals surface area contributed by atoms with E-state index in [0.29, 0.717) is 10.8 Å². The molecule has 0 aliphatic rings. The molecule has 2 rings (SSSR count). The number of anilines is 2. The molecule has 2 aromatic rings. The molecule has 1 aromatic heterocycles. The maximum atomic E-state index is 11.3. The van der Waals surface area contributed by atoms with Gasteiger partial charge in [-0.1, -0.05) is 23.2 Å². The van der Waals surface area contributed by atoms with Gasteiger partial charge >= 0.3 is 0 Å². The third-order valence-corrected chi connectivity index (χ3v) is 3.54. The van der Waals surface area contributed by atoms with Gasteiger partial charge in [-0.05, 0) is 34.1 Å². The number of nitrogens with one attached hydrogen (secondary N) is 2. The maximum Gasteiger partial charge on any atom is 0.271 e. The van der Waals surface area contributed by atoms with Crippen molar-refractivity contribution in [3.05, 3.63) is 49.4 Å². The summed E-state index contributed by atoms with van der Waals surface area (Å²) in [5.41, 5.74) is 0.332. The van der Waals surface area contributed by atoms with Crippen LogP contribution >= 0.6 is 39.1 Å². The summed E-state index contributed by atoms with van der Waals surface area (Å²) >= 11 is 15.0. The van der Waals surface area contributed by atoms with Gasteiger partial charge in [0.25, 0.3) is 5.56 Å². The van der Waals surface area contributed by atoms with E-state index in [1.165, 1.54) is 6.33 Å². The van der Waals surface area contributed by atoms with E-state index in [9.17, 15) is 4.79 Å². The highest BCUT2D eigenvalue weighted by atomic mass is 79.9. The van der Waals surface area contributed by atoms with Crippen molar-refractivity contribution in [2.24, 2.45) is 0 Å². The average Bonchev–Trinajstić information content (AvgIpc) is 2.30. The van der Waals surface area contributed by atoms with Gasteiger partial charge in [-0.15, -0.1) is 0 Å². The molecule has 0 radical (unpaired) electrons. The van der Waals surface area contributed by atoms with Gasteiger partial charge in [-0.3, -0.25) is 4.79 Å². The highest BCUT2D eigenvalue weighted by Gasteiger charge is 2.06. The monoisotopic (exact) mass is 333 g/mol. The lowest BCUT2D eigenvalue weighted by Gasteiger charge is -2.07. The zero-order chi connectivity index (χ0) is 12.4. The summed E-state index contributed by atoms with van der Waals surface area (Å²) in [7, 11) is 0. The van der Waals surface area contributed by atoms with Crippen LogP contribution in [0.3, 0.4) is 0 Å². The van der Waals surface area contributed by atoms with Crippen LogP contribution in [0.2, 0.25) is 10.0 Å². The van der Waals surface area contributed by atoms with Crippen molar-refractivity contribution < 1.29 is 0 Å². The Balaban J connectivity index is 2.35. The minimum atomic E-state index is -0.391. The second-order valence-electron chi connectivity index (χ2n) is 3.15. The van der Waals surface area contributed by atoms with Crippen LogP contribution in [0.1, 0.15) is 0 Å². The van der Waals surface area contributed by atoms with Crippen molar-refractivity contribution in [2.75, 3.05) is 5.32 Å². The molecule has 0 unspecified atom stereocenters. The van der Waals surface area contributed by atoms with Crippen LogP contribution in [0.5, 0.6) is 0 Å². The Bertz CT molecular complexity index is 615. The smallest absolute Gasteiger partial charge is 0.271 e. The molecule has 0 saturated heterocycles. The highest BCUT2D eigenvalue weighted by Crippen LogP contribution is 2.27. The Morgan fingerprint density at radius 1 is 1.35 bits per heavy atom. The van der Waals surface area contributed by atoms with Crippen LogP contribution in [0.15, 0.2) is 33.8 Å². The van der Waals surface area contributed by atoms with E-state index in [4.69, 9.17) is 23.2 Å². The number of nitrogens with zero attached hydrogens (tertiary/aromatic N) is 1. The van der Waals surface area contributed by atoms with Gasteiger partial charge < -0.3 is 10.3 Å². The molecule has 1 aromatic carbocycles. The van der Waals surface area contributed by atoms with E-state index in [0.717, 1.165) is 10.2 Å². The molecule has 17 heavy (non-hydrogen) atoms. The third-order valence-electron chi connectivity index (χ3n) is 1.98. The van der Waals surface area contributed by atoms with Crippen LogP contribution in [-0.4, -0.2) is 9.97 Å². The first kappa shape index (κ1) is 12.4. The summed E-state index contributed by atoms with van der Waals surface area (Å²) in [4.78, 5) is 17.6. The number of rotatable bonds is 2. The van der Waals surface area contributed by atoms with Gasteiger partial charge in [0.1, 0.15) is 5.02 Å². The predicted molar refractivity (Wildman–Crippen MR) is 72.3 cm³/mol. The highest BCUT2D eigenvalue weighted by molar-refractivity contribution is 9.10. The molecule has 0 saturated carbocycles. The Labute approximate surface area is 115 Å². The van der Waals surface area contributed by atoms with Crippen molar-refractivity contribution in [3.63, 3.8) is 0 Å². The Morgan fingerprint density at radius 3 is 2.82 bits per heavy atom. The number of H-pyrrole nitrogens is 1. The van der Waals surface area contributed by atoms with E-state index < -0.39 is 5.56 Å². The van der Waals surface area contributed by atoms with Crippen molar-refractivity contribution in [1.82, 2.24) is 9.97 Å². The second-order valence-corrected chi connectivity index (χ2v) is 4.79. The SMILES string of the molecule is O=c1[nH]cnc(Nc2ccc(Cl)c(Br)c2)c1Cl. The number of hydrogen-bond acceptors (Lipinski definition) is 3. The van der Waals surface area contributed by atoms with Crippen molar-refractivity contribution >= 4 is 50.6 Å². The molecule has 1 heterocycles. The second kappa shape index (κ2) is 5.08. The minimum absolute atomic E-state index is 0.0126. The molecule has 0 spiro atoms. The van der Waals surface area contributed by atoms with E-state index in [1.54, 1.807) is 18.2 Å². The summed E-state index contributed by atoms with van der Waals surface area (Å²) in [6.45, 7) is 0. The topological polar surface area (TPSA) is 57.8 Å². The lowest BCUT2D eigenvalue weighted by molar-refractivity contribution is 1.12. The normalized spacial score (nSPS) is 10.3. The van der Waals surface area contributed by atoms with E-state index >= 15 is 0 Å². The van der Waals surface area contributed by atoms with E-state index in [1.807, 2.05) is 0 Å². The van der Waals surface area contributed by atoms with Gasteiger partial charge in [0.05, 0.1) is 11.3 Å². The zero-order valence-corrected chi connectivity index (χ0v) is 11.4. The number of benzene rings is 1. The molecule has 0 aliphatic heterocycles. The van der Waals surface area contributed by atoms with E-state index in [-0.39, 0.29) is 5.02 Å². The van der Waals surface area contributed by atoms with Gasteiger partial charge in [0.15, 0.2) is 5.82 Å². The lowest BCUT2D eigenvalue weighted by Crippen LogP contribution is -2.09. The van der Waals surface area contributed by atoms with Crippen LogP contribution in [-0.2, 0) is 0 Å². The largest absolute Gasteiger partial charge is 0.339 e. The molecule has 0 aliphatic carbocycles. The standard InChI is InChI=1S/C10H6BrCl2N3O/c11-6-3-5(1-2-7(6)12)16-9-8(13)10(17)15-4-14-9/h1-4H,(H2,14,15,16,17). The predicted octanol–water partition coefficient (Wildman–Crippen LogP) is 3.58. The first-order chi connectivity index (χ1) is 8.08. The number of hydrogen-bond donors (Lipinski definition) is 2. The molecule has 2 N–H and O–H groups in total. The molecular weight excluding hydrogens is 329 g/mol. The van der Waals surface area contributed by atoms with Gasteiger partial charge in [0, 0.05) is 10.2 Å². The fraction of sp³-hybridized carbons (Fsp3) is 0. The molecule has 0 amide bonds. The summed E-state index contributed by atoms with van der Waals surface area (Å²) < 4.78 is 0.741. The Morgan fingerprint density at radius 2 is 2.12 bits per heavy atom. The number of aromatic amines is 1. The maximum absolute atomic E-state index is 11.3. The number of aromatic nitrogens is 2. The van der Waals surface area contributed by atoms with Gasteiger partial charge in [-0.25, -0.2) is 4.98 Å². The fourth-order valence-corrected chi connectivity index (χ4v) is 1.83. The van der Waals surface area contributed by atoms with Crippen molar-refractivity contribution in [3.8, 4) is 0 Å². The molecule has 0 fully saturated rings. The Kier molecular flexibility index (Phi) is 3.71. The molecule has 88 valence electrons. The van der Waals surface area contributed by atoms with Crippen LogP contribution in [0, 0.1) is 0 Å². The molecule has 7 heteroatoms. The molecular formula is C10H6BrCl2N3O. The minimum Gasteiger partial charge on any atom is -0.339 e. The zero-order valence-electron chi connectivity index (χ0n) is 8.30. The Hall–Kier alpha value is -1.04. The molecule has 4 nitrogen and oxygen atoms in total. The quantitative estimate of drug-likeness (QED) is 0.882. The third kappa shape index (κ3) is 2.80. The van der Waals surface area contributed by atoms with Crippen LogP contribution in [0.4, 0.5) is 11.5 Å². The summed E-state index contributed by atoms with van der Waals surface area (Å²) in [5.74, 6) is 0.296. The summed E-state index contributed by atoms with van der Waals surface area (Å²) in [5, 5.41) is 3.54. The first-order valence-electron chi connectivity index (χ1n) is 4.53. The summed E-state index contributed by atoms with van der Waals surface area (Å²) in [6, 6.07) is 5.24. The average molecular weight is 335 g/mol. The van der Waals surface area contributed by atoms with Crippen LogP contribution < -0.4 is 10.9 Å². The van der Waals surface area contributed by atoms with Gasteiger partial charge in [0.2, 0.25) is 0 Å². The molecule has 0 bridgehead atoms. The van der Waals surface area contributed by atoms with E-state index in [2.05, 4.69) is 31.2 Å². The fourth-order valence-electron chi connectivity index (χ4n) is 1.18. The first-order valence-corrected chi connectivity index (χ1v) is 6.08. The van der Waals surface area contributed by atoms with Crippen molar-refractivity contribution in [1.29, 1.82) is 0 Å². The van der Waals surface area contributed by atoms with Gasteiger partial charge in [-0.2, -0.15) is 0 Å². The van der Waals surface area contributed by atoms with Crippen LogP contribution in [0.25, 0.3) is 0 Å². The summed E-state index contributed by atoms with van der Waals surface area (Å²) in [6.07, 6.45) is 1.28. The van der Waals surface area contributed by atoms with Crippen molar-refractivity contribution in [2.45, 2.75) is 0 Å².